The zero-order chi connectivity index (χ0) is 12.4. The molecule has 0 saturated heterocycles. The maximum Gasteiger partial charge on any atom is 0.332 e. The Hall–Kier alpha value is -1.61. The summed E-state index contributed by atoms with van der Waals surface area (Å²) in [6.45, 7) is 0. The quantitative estimate of drug-likeness (QED) is 0.878. The summed E-state index contributed by atoms with van der Waals surface area (Å²) in [5.74, 6) is -1.37. The van der Waals surface area contributed by atoms with E-state index >= 15 is 0 Å². The van der Waals surface area contributed by atoms with Crippen LogP contribution in [0.3, 0.4) is 0 Å². The Labute approximate surface area is 104 Å². The molecular formula is C13H11ClO3. The van der Waals surface area contributed by atoms with E-state index in [4.69, 9.17) is 16.7 Å². The first-order valence-electron chi connectivity index (χ1n) is 5.31. The fraction of sp³-hybridized carbons (Fsp3) is 0.231. The van der Waals surface area contributed by atoms with Crippen molar-refractivity contribution in [1.82, 2.24) is 0 Å². The Morgan fingerprint density at radius 3 is 2.53 bits per heavy atom. The molecule has 88 valence electrons. The number of benzene rings is 1. The minimum absolute atomic E-state index is 0.118. The van der Waals surface area contributed by atoms with Crippen LogP contribution >= 0.6 is 11.6 Å². The van der Waals surface area contributed by atoms with Gasteiger partial charge in [0.25, 0.3) is 0 Å². The van der Waals surface area contributed by atoms with Crippen LogP contribution in [0.5, 0.6) is 0 Å². The molecule has 0 aromatic heterocycles. The second-order valence-electron chi connectivity index (χ2n) is 4.01. The van der Waals surface area contributed by atoms with Gasteiger partial charge in [-0.1, -0.05) is 23.7 Å². The molecule has 2 rings (SSSR count). The fourth-order valence-electron chi connectivity index (χ4n) is 2.04. The molecule has 1 atom stereocenters. The number of hydrogen-bond donors (Lipinski definition) is 1. The predicted octanol–water partition coefficient (Wildman–Crippen LogP) is 2.80. The van der Waals surface area contributed by atoms with Crippen LogP contribution in [-0.2, 0) is 9.59 Å². The third kappa shape index (κ3) is 2.56. The molecule has 1 aliphatic carbocycles. The molecule has 0 bridgehead atoms. The Balaban J connectivity index is 2.37. The van der Waals surface area contributed by atoms with Crippen molar-refractivity contribution in [1.29, 1.82) is 0 Å². The topological polar surface area (TPSA) is 54.4 Å². The molecule has 1 aliphatic rings. The summed E-state index contributed by atoms with van der Waals surface area (Å²) in [7, 11) is 0. The first kappa shape index (κ1) is 11.9. The van der Waals surface area contributed by atoms with Crippen molar-refractivity contribution in [3.8, 4) is 0 Å². The monoisotopic (exact) mass is 250 g/mol. The van der Waals surface area contributed by atoms with E-state index in [0.717, 1.165) is 5.56 Å². The van der Waals surface area contributed by atoms with Crippen LogP contribution in [-0.4, -0.2) is 16.9 Å². The van der Waals surface area contributed by atoms with Gasteiger partial charge in [0.1, 0.15) is 0 Å². The van der Waals surface area contributed by atoms with Gasteiger partial charge in [-0.05, 0) is 30.2 Å². The van der Waals surface area contributed by atoms with E-state index in [1.54, 1.807) is 24.3 Å². The molecule has 0 radical (unpaired) electrons. The average Bonchev–Trinajstić information content (AvgIpc) is 2.30. The van der Waals surface area contributed by atoms with Gasteiger partial charge < -0.3 is 5.11 Å². The van der Waals surface area contributed by atoms with E-state index in [9.17, 15) is 9.59 Å². The van der Waals surface area contributed by atoms with Crippen LogP contribution in [0.4, 0.5) is 0 Å². The molecule has 0 aliphatic heterocycles. The van der Waals surface area contributed by atoms with Gasteiger partial charge in [0.05, 0.1) is 0 Å². The lowest BCUT2D eigenvalue weighted by Crippen LogP contribution is -2.18. The number of carboxylic acid groups (broad SMARTS) is 1. The molecular weight excluding hydrogens is 240 g/mol. The third-order valence-corrected chi connectivity index (χ3v) is 3.14. The largest absolute Gasteiger partial charge is 0.478 e. The summed E-state index contributed by atoms with van der Waals surface area (Å²) in [6.07, 6.45) is 2.17. The molecule has 0 amide bonds. The highest BCUT2D eigenvalue weighted by molar-refractivity contribution is 6.30. The maximum absolute atomic E-state index is 11.2. The first-order chi connectivity index (χ1) is 8.08. The lowest BCUT2D eigenvalue weighted by Gasteiger charge is -2.21. The van der Waals surface area contributed by atoms with E-state index in [0.29, 0.717) is 17.9 Å². The van der Waals surface area contributed by atoms with Crippen LogP contribution in [0.15, 0.2) is 35.9 Å². The Kier molecular flexibility index (Phi) is 3.29. The molecule has 17 heavy (non-hydrogen) atoms. The smallest absolute Gasteiger partial charge is 0.332 e. The molecule has 0 saturated carbocycles. The van der Waals surface area contributed by atoms with Crippen molar-refractivity contribution in [2.45, 2.75) is 18.8 Å². The molecule has 0 spiro atoms. The van der Waals surface area contributed by atoms with Crippen molar-refractivity contribution in [2.24, 2.45) is 0 Å². The van der Waals surface area contributed by atoms with E-state index in [1.165, 1.54) is 6.08 Å². The van der Waals surface area contributed by atoms with Gasteiger partial charge in [0, 0.05) is 22.9 Å². The van der Waals surface area contributed by atoms with Gasteiger partial charge in [-0.3, -0.25) is 4.79 Å². The lowest BCUT2D eigenvalue weighted by atomic mass is 9.82. The number of halogens is 1. The zero-order valence-electron chi connectivity index (χ0n) is 9.02. The number of aliphatic carboxylic acids is 1. The summed E-state index contributed by atoms with van der Waals surface area (Å²) in [4.78, 5) is 22.4. The SMILES string of the molecule is O=C1C=C(C(=O)O)C(c2ccc(Cl)cc2)CC1. The number of allylic oxidation sites excluding steroid dienone is 1. The number of ketones is 1. The summed E-state index contributed by atoms with van der Waals surface area (Å²) in [5, 5.41) is 9.71. The molecule has 0 fully saturated rings. The predicted molar refractivity (Wildman–Crippen MR) is 64.2 cm³/mol. The zero-order valence-corrected chi connectivity index (χ0v) is 9.78. The van der Waals surface area contributed by atoms with Crippen LogP contribution in [0.25, 0.3) is 0 Å². The Morgan fingerprint density at radius 1 is 1.29 bits per heavy atom. The minimum atomic E-state index is -1.03. The van der Waals surface area contributed by atoms with Crippen molar-refractivity contribution >= 4 is 23.4 Å². The van der Waals surface area contributed by atoms with Gasteiger partial charge in [0.15, 0.2) is 5.78 Å². The van der Waals surface area contributed by atoms with Crippen molar-refractivity contribution in [2.75, 3.05) is 0 Å². The minimum Gasteiger partial charge on any atom is -0.478 e. The number of carbonyl (C=O) groups is 2. The second-order valence-corrected chi connectivity index (χ2v) is 4.45. The maximum atomic E-state index is 11.2. The van der Waals surface area contributed by atoms with Gasteiger partial charge >= 0.3 is 5.97 Å². The molecule has 0 heterocycles. The second kappa shape index (κ2) is 4.72. The Bertz CT molecular complexity index is 488. The van der Waals surface area contributed by atoms with Gasteiger partial charge in [-0.25, -0.2) is 4.79 Å². The van der Waals surface area contributed by atoms with Crippen LogP contribution in [0.1, 0.15) is 24.3 Å². The normalized spacial score (nSPS) is 19.9. The highest BCUT2D eigenvalue weighted by Crippen LogP contribution is 2.33. The van der Waals surface area contributed by atoms with Gasteiger partial charge in [-0.15, -0.1) is 0 Å². The Morgan fingerprint density at radius 2 is 1.94 bits per heavy atom. The molecule has 1 aromatic carbocycles. The summed E-state index contributed by atoms with van der Waals surface area (Å²) in [5.41, 5.74) is 1.05. The molecule has 1 aromatic rings. The highest BCUT2D eigenvalue weighted by atomic mass is 35.5. The van der Waals surface area contributed by atoms with E-state index in [1.807, 2.05) is 0 Å². The lowest BCUT2D eigenvalue weighted by molar-refractivity contribution is -0.133. The highest BCUT2D eigenvalue weighted by Gasteiger charge is 2.27. The number of hydrogen-bond acceptors (Lipinski definition) is 2. The van der Waals surface area contributed by atoms with Crippen LogP contribution in [0, 0.1) is 0 Å². The number of carbonyl (C=O) groups excluding carboxylic acids is 1. The van der Waals surface area contributed by atoms with Crippen molar-refractivity contribution < 1.29 is 14.7 Å². The van der Waals surface area contributed by atoms with Gasteiger partial charge in [-0.2, -0.15) is 0 Å². The molecule has 3 nitrogen and oxygen atoms in total. The summed E-state index contributed by atoms with van der Waals surface area (Å²) >= 11 is 5.79. The van der Waals surface area contributed by atoms with Crippen LogP contribution < -0.4 is 0 Å². The van der Waals surface area contributed by atoms with Crippen LogP contribution in [0.2, 0.25) is 5.02 Å². The van der Waals surface area contributed by atoms with E-state index in [2.05, 4.69) is 0 Å². The fourth-order valence-corrected chi connectivity index (χ4v) is 2.17. The number of carboxylic acids is 1. The number of rotatable bonds is 2. The molecule has 1 N–H and O–H groups in total. The molecule has 4 heteroatoms. The van der Waals surface area contributed by atoms with E-state index in [-0.39, 0.29) is 17.3 Å². The average molecular weight is 251 g/mol. The first-order valence-corrected chi connectivity index (χ1v) is 5.69. The standard InChI is InChI=1S/C13H11ClO3/c14-9-3-1-8(2-4-9)11-6-5-10(15)7-12(11)13(16)17/h1-4,7,11H,5-6H2,(H,16,17). The van der Waals surface area contributed by atoms with E-state index < -0.39 is 5.97 Å². The summed E-state index contributed by atoms with van der Waals surface area (Å²) in [6, 6.07) is 7.07. The van der Waals surface area contributed by atoms with Crippen molar-refractivity contribution in [3.05, 3.63) is 46.5 Å². The van der Waals surface area contributed by atoms with Crippen molar-refractivity contribution in [3.63, 3.8) is 0 Å². The molecule has 1 unspecified atom stereocenters. The van der Waals surface area contributed by atoms with Gasteiger partial charge in [0.2, 0.25) is 0 Å². The third-order valence-electron chi connectivity index (χ3n) is 2.89. The summed E-state index contributed by atoms with van der Waals surface area (Å²) < 4.78 is 0.